The first-order valence-corrected chi connectivity index (χ1v) is 8.39. The first-order chi connectivity index (χ1) is 10.6. The van der Waals surface area contributed by atoms with Gasteiger partial charge in [-0.1, -0.05) is 26.0 Å². The molecule has 1 heterocycles. The fraction of sp³-hybridized carbons (Fsp3) is 0.529. The highest BCUT2D eigenvalue weighted by Gasteiger charge is 2.18. The van der Waals surface area contributed by atoms with Crippen LogP contribution in [0, 0.1) is 0 Å². The SMILES string of the molecule is CC(C)c1ccc(NC(=S)NCCCN2CCCC2=O)cc1. The molecule has 0 spiro atoms. The second-order valence-corrected chi connectivity index (χ2v) is 6.40. The fourth-order valence-electron chi connectivity index (χ4n) is 2.54. The van der Waals surface area contributed by atoms with E-state index >= 15 is 0 Å². The molecule has 1 aromatic rings. The smallest absolute Gasteiger partial charge is 0.222 e. The molecular weight excluding hydrogens is 294 g/mol. The normalized spacial score (nSPS) is 14.5. The first-order valence-electron chi connectivity index (χ1n) is 7.99. The number of thiocarbonyl (C=S) groups is 1. The number of rotatable bonds is 6. The zero-order valence-corrected chi connectivity index (χ0v) is 14.2. The van der Waals surface area contributed by atoms with E-state index in [9.17, 15) is 4.79 Å². The Morgan fingerprint density at radius 1 is 1.32 bits per heavy atom. The van der Waals surface area contributed by atoms with E-state index < -0.39 is 0 Å². The summed E-state index contributed by atoms with van der Waals surface area (Å²) >= 11 is 5.29. The molecule has 1 fully saturated rings. The molecule has 4 nitrogen and oxygen atoms in total. The standard InChI is InChI=1S/C17H25N3OS/c1-13(2)14-6-8-15(9-7-14)19-17(22)18-10-4-12-20-11-3-5-16(20)21/h6-9,13H,3-5,10-12H2,1-2H3,(H2,18,19,22). The van der Waals surface area contributed by atoms with Crippen LogP contribution in [-0.2, 0) is 4.79 Å². The van der Waals surface area contributed by atoms with Crippen molar-refractivity contribution in [2.75, 3.05) is 25.0 Å². The van der Waals surface area contributed by atoms with E-state index in [4.69, 9.17) is 12.2 Å². The van der Waals surface area contributed by atoms with Crippen molar-refractivity contribution in [2.24, 2.45) is 0 Å². The van der Waals surface area contributed by atoms with Crippen LogP contribution in [0.5, 0.6) is 0 Å². The van der Waals surface area contributed by atoms with E-state index in [-0.39, 0.29) is 5.91 Å². The van der Waals surface area contributed by atoms with Gasteiger partial charge in [0.1, 0.15) is 0 Å². The molecule has 0 radical (unpaired) electrons. The summed E-state index contributed by atoms with van der Waals surface area (Å²) in [6, 6.07) is 8.33. The Morgan fingerprint density at radius 3 is 2.64 bits per heavy atom. The van der Waals surface area contributed by atoms with Crippen molar-refractivity contribution in [3.63, 3.8) is 0 Å². The Labute approximate surface area is 138 Å². The van der Waals surface area contributed by atoms with Gasteiger partial charge in [-0.15, -0.1) is 0 Å². The molecule has 0 aromatic heterocycles. The average Bonchev–Trinajstić information content (AvgIpc) is 2.89. The zero-order chi connectivity index (χ0) is 15.9. The lowest BCUT2D eigenvalue weighted by molar-refractivity contribution is -0.127. The minimum absolute atomic E-state index is 0.283. The van der Waals surface area contributed by atoms with Crippen molar-refractivity contribution in [1.29, 1.82) is 0 Å². The largest absolute Gasteiger partial charge is 0.362 e. The summed E-state index contributed by atoms with van der Waals surface area (Å²) in [5, 5.41) is 7.00. The molecule has 0 saturated carbocycles. The molecule has 1 amide bonds. The summed E-state index contributed by atoms with van der Waals surface area (Å²) in [5.41, 5.74) is 2.32. The molecule has 0 unspecified atom stereocenters. The molecule has 0 atom stereocenters. The third-order valence-electron chi connectivity index (χ3n) is 3.90. The summed E-state index contributed by atoms with van der Waals surface area (Å²) in [5.74, 6) is 0.818. The van der Waals surface area contributed by atoms with Crippen molar-refractivity contribution in [3.8, 4) is 0 Å². The number of nitrogens with one attached hydrogen (secondary N) is 2. The Hall–Kier alpha value is -1.62. The summed E-state index contributed by atoms with van der Waals surface area (Å²) in [6.45, 7) is 6.86. The van der Waals surface area contributed by atoms with Crippen molar-refractivity contribution in [3.05, 3.63) is 29.8 Å². The number of likely N-dealkylation sites (tertiary alicyclic amines) is 1. The summed E-state index contributed by atoms with van der Waals surface area (Å²) in [4.78, 5) is 13.4. The molecule has 1 aromatic carbocycles. The van der Waals surface area contributed by atoms with Crippen molar-refractivity contribution in [2.45, 2.75) is 39.0 Å². The maximum absolute atomic E-state index is 11.5. The minimum atomic E-state index is 0.283. The van der Waals surface area contributed by atoms with E-state index in [2.05, 4.69) is 36.6 Å². The number of carbonyl (C=O) groups is 1. The predicted molar refractivity (Wildman–Crippen MR) is 95.2 cm³/mol. The van der Waals surface area contributed by atoms with E-state index in [0.717, 1.165) is 38.2 Å². The van der Waals surface area contributed by atoms with Crippen molar-refractivity contribution >= 4 is 28.9 Å². The molecule has 0 bridgehead atoms. The highest BCUT2D eigenvalue weighted by molar-refractivity contribution is 7.80. The van der Waals surface area contributed by atoms with Gasteiger partial charge in [0.15, 0.2) is 5.11 Å². The van der Waals surface area contributed by atoms with E-state index in [0.29, 0.717) is 17.5 Å². The topological polar surface area (TPSA) is 44.4 Å². The lowest BCUT2D eigenvalue weighted by atomic mass is 10.0. The van der Waals surface area contributed by atoms with Gasteiger partial charge in [-0.25, -0.2) is 0 Å². The van der Waals surface area contributed by atoms with Gasteiger partial charge in [0, 0.05) is 31.7 Å². The van der Waals surface area contributed by atoms with Gasteiger partial charge in [-0.05, 0) is 48.7 Å². The lowest BCUT2D eigenvalue weighted by Gasteiger charge is -2.16. The minimum Gasteiger partial charge on any atom is -0.362 e. The third-order valence-corrected chi connectivity index (χ3v) is 4.14. The van der Waals surface area contributed by atoms with Gasteiger partial charge in [0.05, 0.1) is 0 Å². The van der Waals surface area contributed by atoms with Crippen LogP contribution in [0.3, 0.4) is 0 Å². The molecular formula is C17H25N3OS. The summed E-state index contributed by atoms with van der Waals surface area (Å²) < 4.78 is 0. The van der Waals surface area contributed by atoms with Crippen LogP contribution in [0.2, 0.25) is 0 Å². The van der Waals surface area contributed by atoms with Crippen LogP contribution < -0.4 is 10.6 Å². The predicted octanol–water partition coefficient (Wildman–Crippen LogP) is 3.11. The monoisotopic (exact) mass is 319 g/mol. The second-order valence-electron chi connectivity index (χ2n) is 6.00. The average molecular weight is 319 g/mol. The van der Waals surface area contributed by atoms with E-state index in [1.807, 2.05) is 17.0 Å². The number of hydrogen-bond acceptors (Lipinski definition) is 2. The molecule has 0 aliphatic carbocycles. The Bertz CT molecular complexity index is 513. The molecule has 2 rings (SSSR count). The third kappa shape index (κ3) is 4.98. The Balaban J connectivity index is 1.66. The number of nitrogens with zero attached hydrogens (tertiary/aromatic N) is 1. The van der Waals surface area contributed by atoms with Crippen LogP contribution in [0.25, 0.3) is 0 Å². The molecule has 1 saturated heterocycles. The highest BCUT2D eigenvalue weighted by atomic mass is 32.1. The molecule has 22 heavy (non-hydrogen) atoms. The number of carbonyl (C=O) groups excluding carboxylic acids is 1. The van der Waals surface area contributed by atoms with Gasteiger partial charge < -0.3 is 15.5 Å². The van der Waals surface area contributed by atoms with Gasteiger partial charge in [-0.2, -0.15) is 0 Å². The Kier molecular flexibility index (Phi) is 6.19. The van der Waals surface area contributed by atoms with Crippen LogP contribution in [0.15, 0.2) is 24.3 Å². The first kappa shape index (κ1) is 16.7. The Morgan fingerprint density at radius 2 is 2.05 bits per heavy atom. The van der Waals surface area contributed by atoms with Gasteiger partial charge in [-0.3, -0.25) is 4.79 Å². The molecule has 1 aliphatic rings. The molecule has 5 heteroatoms. The molecule has 120 valence electrons. The van der Waals surface area contributed by atoms with Crippen LogP contribution >= 0.6 is 12.2 Å². The highest BCUT2D eigenvalue weighted by Crippen LogP contribution is 2.17. The maximum Gasteiger partial charge on any atom is 0.222 e. The van der Waals surface area contributed by atoms with Crippen molar-refractivity contribution < 1.29 is 4.79 Å². The second kappa shape index (κ2) is 8.13. The lowest BCUT2D eigenvalue weighted by Crippen LogP contribution is -2.32. The van der Waals surface area contributed by atoms with Crippen molar-refractivity contribution in [1.82, 2.24) is 10.2 Å². The summed E-state index contributed by atoms with van der Waals surface area (Å²) in [6.07, 6.45) is 2.62. The van der Waals surface area contributed by atoms with E-state index in [1.54, 1.807) is 0 Å². The maximum atomic E-state index is 11.5. The number of benzene rings is 1. The number of anilines is 1. The zero-order valence-electron chi connectivity index (χ0n) is 13.4. The van der Waals surface area contributed by atoms with Gasteiger partial charge in [0.2, 0.25) is 5.91 Å². The van der Waals surface area contributed by atoms with Crippen LogP contribution in [-0.4, -0.2) is 35.6 Å². The van der Waals surface area contributed by atoms with Gasteiger partial charge >= 0.3 is 0 Å². The number of amides is 1. The number of hydrogen-bond donors (Lipinski definition) is 2. The van der Waals surface area contributed by atoms with Crippen LogP contribution in [0.4, 0.5) is 5.69 Å². The van der Waals surface area contributed by atoms with Gasteiger partial charge in [0.25, 0.3) is 0 Å². The van der Waals surface area contributed by atoms with E-state index in [1.165, 1.54) is 5.56 Å². The molecule has 2 N–H and O–H groups in total. The molecule has 1 aliphatic heterocycles. The summed E-state index contributed by atoms with van der Waals surface area (Å²) in [7, 11) is 0. The van der Waals surface area contributed by atoms with Crippen LogP contribution in [0.1, 0.15) is 44.6 Å². The quantitative estimate of drug-likeness (QED) is 0.625. The fourth-order valence-corrected chi connectivity index (χ4v) is 2.76.